The van der Waals surface area contributed by atoms with E-state index < -0.39 is 17.5 Å². The number of amides is 3. The molecule has 5 atom stereocenters. The topological polar surface area (TPSA) is 155 Å². The molecule has 2 aromatic carbocycles. The maximum absolute atomic E-state index is 14.2. The number of phenols is 1. The monoisotopic (exact) mass is 850 g/mol. The first-order chi connectivity index (χ1) is 29.4. The molecule has 6 rings (SSSR count). The predicted octanol–water partition coefficient (Wildman–Crippen LogP) is 7.23. The number of likely N-dealkylation sites (N-methyl/N-ethyl adjacent to an activating group) is 1. The number of rotatable bonds is 17. The van der Waals surface area contributed by atoms with Gasteiger partial charge in [0.1, 0.15) is 17.8 Å². The molecular weight excluding hydrogens is 785 g/mol. The number of methoxy groups -OCH3 is 1. The summed E-state index contributed by atoms with van der Waals surface area (Å²) in [5.41, 5.74) is 9.90. The van der Waals surface area contributed by atoms with Crippen LogP contribution in [-0.4, -0.2) is 94.2 Å². The van der Waals surface area contributed by atoms with Crippen LogP contribution in [0.3, 0.4) is 0 Å². The molecule has 4 aromatic rings. The Kier molecular flexibility index (Phi) is 14.5. The highest BCUT2D eigenvalue weighted by atomic mass is 16.5. The Morgan fingerprint density at radius 1 is 1.06 bits per heavy atom. The summed E-state index contributed by atoms with van der Waals surface area (Å²) in [6, 6.07) is 13.9. The molecule has 2 fully saturated rings. The van der Waals surface area contributed by atoms with Crippen molar-refractivity contribution in [1.82, 2.24) is 30.2 Å². The molecule has 13 nitrogen and oxygen atoms in total. The van der Waals surface area contributed by atoms with Crippen molar-refractivity contribution in [2.75, 3.05) is 33.9 Å². The van der Waals surface area contributed by atoms with E-state index in [-0.39, 0.29) is 60.4 Å². The van der Waals surface area contributed by atoms with E-state index in [9.17, 15) is 24.3 Å². The molecule has 62 heavy (non-hydrogen) atoms. The van der Waals surface area contributed by atoms with Crippen LogP contribution < -0.4 is 10.7 Å². The number of nitrogens with one attached hydrogen (secondary N) is 2. The number of nitrogens with zero attached hydrogens (tertiary/aromatic N) is 4. The van der Waals surface area contributed by atoms with E-state index in [4.69, 9.17) is 14.5 Å². The zero-order valence-electron chi connectivity index (χ0n) is 38.2. The number of esters is 1. The molecule has 0 unspecified atom stereocenters. The minimum atomic E-state index is -0.967. The van der Waals surface area contributed by atoms with Crippen LogP contribution in [0.15, 0.2) is 54.7 Å². The number of ether oxygens (including phenoxy) is 2. The lowest BCUT2D eigenvalue weighted by molar-refractivity contribution is -0.145. The number of hydrazine groups is 1. The third-order valence-electron chi connectivity index (χ3n) is 12.5. The molecule has 1 aliphatic carbocycles. The molecule has 1 aliphatic heterocycles. The van der Waals surface area contributed by atoms with Crippen molar-refractivity contribution in [2.24, 2.45) is 23.2 Å². The van der Waals surface area contributed by atoms with E-state index in [0.29, 0.717) is 37.5 Å². The molecule has 2 aromatic heterocycles. The number of hydrogen-bond acceptors (Lipinski definition) is 9. The Bertz CT molecular complexity index is 2280. The summed E-state index contributed by atoms with van der Waals surface area (Å²) < 4.78 is 13.6. The van der Waals surface area contributed by atoms with Crippen LogP contribution in [-0.2, 0) is 48.0 Å². The molecule has 3 amide bonds. The number of carbonyl (C=O) groups is 4. The number of benzene rings is 2. The van der Waals surface area contributed by atoms with Crippen molar-refractivity contribution in [3.05, 3.63) is 71.5 Å². The summed E-state index contributed by atoms with van der Waals surface area (Å²) in [6.45, 7) is 17.6. The molecule has 0 radical (unpaired) electrons. The van der Waals surface area contributed by atoms with Crippen LogP contribution in [0.25, 0.3) is 33.3 Å². The standard InChI is InChI=1S/C49H66N6O7/c1-11-54-42-17-16-34(26-39(42)40(27-49(7,8)28-62-32(6)56)45(54)37-15-14-18-50-43(37)31(5)61-10)35-22-33(23-36(57)25-35)24-41(48(60)55-20-13-12-19-51-55)52-46(58)44(29(2)3)53(9)47(59)38-21-30(38)4/h14-18,22-23,25-26,29-31,38,41,44,51,57H,11-13,19-21,24,27-28H2,1-10H3,(H,52,58)/t30-,31+,38+,41+,44+/m1/s1. The van der Waals surface area contributed by atoms with Crippen LogP contribution >= 0.6 is 0 Å². The molecule has 1 saturated heterocycles. The Morgan fingerprint density at radius 2 is 1.81 bits per heavy atom. The number of aromatic hydroxyl groups is 1. The molecule has 2 aliphatic rings. The van der Waals surface area contributed by atoms with Crippen LogP contribution in [0, 0.1) is 23.2 Å². The lowest BCUT2D eigenvalue weighted by Gasteiger charge is -2.34. The van der Waals surface area contributed by atoms with Crippen molar-refractivity contribution in [2.45, 2.75) is 112 Å². The number of fused-ring (bicyclic) bond motifs is 1. The summed E-state index contributed by atoms with van der Waals surface area (Å²) in [5.74, 6) is -1.01. The lowest BCUT2D eigenvalue weighted by atomic mass is 9.84. The van der Waals surface area contributed by atoms with Crippen molar-refractivity contribution < 1.29 is 33.8 Å². The normalized spacial score (nSPS) is 18.0. The van der Waals surface area contributed by atoms with Crippen LogP contribution in [0.4, 0.5) is 0 Å². The third-order valence-corrected chi connectivity index (χ3v) is 12.5. The highest BCUT2D eigenvalue weighted by Crippen LogP contribution is 2.42. The first-order valence-corrected chi connectivity index (χ1v) is 22.2. The molecule has 334 valence electrons. The number of hydrogen-bond donors (Lipinski definition) is 3. The van der Waals surface area contributed by atoms with Gasteiger partial charge in [-0.05, 0) is 110 Å². The molecular formula is C49H66N6O7. The van der Waals surface area contributed by atoms with Gasteiger partial charge in [-0.25, -0.2) is 5.43 Å². The highest BCUT2D eigenvalue weighted by Gasteiger charge is 2.44. The second-order valence-corrected chi connectivity index (χ2v) is 18.5. The van der Waals surface area contributed by atoms with E-state index in [2.05, 4.69) is 54.3 Å². The number of phenolic OH excluding ortho intramolecular Hbond substituents is 1. The Morgan fingerprint density at radius 3 is 2.44 bits per heavy atom. The molecule has 3 N–H and O–H groups in total. The van der Waals surface area contributed by atoms with Crippen LogP contribution in [0.2, 0.25) is 0 Å². The van der Waals surface area contributed by atoms with Gasteiger partial charge in [-0.3, -0.25) is 29.2 Å². The van der Waals surface area contributed by atoms with Gasteiger partial charge in [0.25, 0.3) is 5.91 Å². The van der Waals surface area contributed by atoms with Gasteiger partial charge in [0.2, 0.25) is 11.8 Å². The second kappa shape index (κ2) is 19.4. The Labute approximate surface area is 366 Å². The summed E-state index contributed by atoms with van der Waals surface area (Å²) in [5, 5.41) is 16.9. The van der Waals surface area contributed by atoms with Crippen LogP contribution in [0.5, 0.6) is 5.75 Å². The van der Waals surface area contributed by atoms with Crippen molar-refractivity contribution in [1.29, 1.82) is 0 Å². The van der Waals surface area contributed by atoms with Gasteiger partial charge in [-0.1, -0.05) is 46.8 Å². The minimum Gasteiger partial charge on any atom is -0.508 e. The molecule has 3 heterocycles. The number of pyridine rings is 1. The Hall–Kier alpha value is -5.27. The average molecular weight is 851 g/mol. The van der Waals surface area contributed by atoms with Gasteiger partial charge in [-0.15, -0.1) is 0 Å². The molecule has 0 spiro atoms. The van der Waals surface area contributed by atoms with Gasteiger partial charge in [-0.2, -0.15) is 0 Å². The van der Waals surface area contributed by atoms with E-state index in [1.807, 2.05) is 45.9 Å². The molecule has 0 bridgehead atoms. The van der Waals surface area contributed by atoms with E-state index in [0.717, 1.165) is 63.8 Å². The van der Waals surface area contributed by atoms with Crippen LogP contribution in [0.1, 0.15) is 97.6 Å². The Balaban J connectivity index is 1.41. The summed E-state index contributed by atoms with van der Waals surface area (Å²) in [7, 11) is 3.35. The van der Waals surface area contributed by atoms with E-state index >= 15 is 0 Å². The fourth-order valence-electron chi connectivity index (χ4n) is 9.01. The number of carbonyl (C=O) groups excluding carboxylic acids is 4. The third kappa shape index (κ3) is 10.3. The lowest BCUT2D eigenvalue weighted by Crippen LogP contribution is -2.59. The first-order valence-electron chi connectivity index (χ1n) is 22.2. The largest absolute Gasteiger partial charge is 0.508 e. The van der Waals surface area contributed by atoms with Gasteiger partial charge in [0.05, 0.1) is 24.1 Å². The molecule has 1 saturated carbocycles. The average Bonchev–Trinajstić information content (AvgIpc) is 3.90. The van der Waals surface area contributed by atoms with Crippen molar-refractivity contribution in [3.8, 4) is 28.1 Å². The number of aromatic nitrogens is 2. The SMILES string of the molecule is CCn1c(-c2cccnc2[C@H](C)OC)c(CC(C)(C)COC(C)=O)c2cc(-c3cc(O)cc(C[C@H](NC(=O)[C@H](C(C)C)N(C)C(=O)[C@H]4C[C@H]4C)C(=O)N4CCCCN4)c3)ccc21. The first kappa shape index (κ1) is 46.2. The fourth-order valence-corrected chi connectivity index (χ4v) is 9.01. The van der Waals surface area contributed by atoms with Crippen molar-refractivity contribution in [3.63, 3.8) is 0 Å². The van der Waals surface area contributed by atoms with E-state index in [1.165, 1.54) is 6.92 Å². The van der Waals surface area contributed by atoms with Gasteiger partial charge >= 0.3 is 5.97 Å². The smallest absolute Gasteiger partial charge is 0.302 e. The highest BCUT2D eigenvalue weighted by molar-refractivity contribution is 5.96. The maximum atomic E-state index is 14.2. The minimum absolute atomic E-state index is 0.0262. The number of aryl methyl sites for hydroxylation is 1. The van der Waals surface area contributed by atoms with Crippen molar-refractivity contribution >= 4 is 34.6 Å². The summed E-state index contributed by atoms with van der Waals surface area (Å²) in [6.07, 6.45) is 4.78. The van der Waals surface area contributed by atoms with Gasteiger partial charge in [0, 0.05) is 81.1 Å². The van der Waals surface area contributed by atoms with Gasteiger partial charge in [0.15, 0.2) is 0 Å². The zero-order chi connectivity index (χ0) is 45.0. The zero-order valence-corrected chi connectivity index (χ0v) is 38.2. The summed E-state index contributed by atoms with van der Waals surface area (Å²) >= 11 is 0. The predicted molar refractivity (Wildman–Crippen MR) is 241 cm³/mol. The maximum Gasteiger partial charge on any atom is 0.302 e. The second-order valence-electron chi connectivity index (χ2n) is 18.5. The summed E-state index contributed by atoms with van der Waals surface area (Å²) in [4.78, 5) is 60.0. The van der Waals surface area contributed by atoms with Gasteiger partial charge < -0.3 is 29.4 Å². The molecule has 13 heteroatoms. The fraction of sp³-hybridized carbons (Fsp3) is 0.531. The quantitative estimate of drug-likeness (QED) is 0.0934. The van der Waals surface area contributed by atoms with E-state index in [1.54, 1.807) is 42.4 Å².